The maximum Gasteiger partial charge on any atom is 0.306 e. The highest BCUT2D eigenvalue weighted by Gasteiger charge is 2.78. The first kappa shape index (κ1) is 26.2. The molecule has 4 aliphatic carbocycles. The van der Waals surface area contributed by atoms with E-state index in [2.05, 4.69) is 0 Å². The SMILES string of the molecule is CCC(=O)O[C@]1(C(=O)SC(C)=O)[C@H](C)CC2C3C[C@H](F)C4=CC(=O)C=C[C@]4(C)[C@@]3(F)[C@@H](O)C[C@@]21C. The lowest BCUT2D eigenvalue weighted by Crippen LogP contribution is -2.70. The number of rotatable bonds is 3. The molecule has 0 radical (unpaired) electrons. The van der Waals surface area contributed by atoms with E-state index in [0.717, 1.165) is 6.08 Å². The third-order valence-corrected chi connectivity index (χ3v) is 10.0. The van der Waals surface area contributed by atoms with Gasteiger partial charge in [-0.25, -0.2) is 8.78 Å². The quantitative estimate of drug-likeness (QED) is 0.572. The smallest absolute Gasteiger partial charge is 0.306 e. The molecule has 9 heteroatoms. The van der Waals surface area contributed by atoms with Gasteiger partial charge in [-0.05, 0) is 61.6 Å². The normalized spacial score (nSPS) is 46.2. The maximum absolute atomic E-state index is 17.3. The molecular weight excluding hydrogens is 478 g/mol. The van der Waals surface area contributed by atoms with Crippen LogP contribution in [0.25, 0.3) is 0 Å². The van der Waals surface area contributed by atoms with E-state index in [0.29, 0.717) is 11.8 Å². The molecule has 0 saturated heterocycles. The third-order valence-electron chi connectivity index (χ3n) is 9.27. The van der Waals surface area contributed by atoms with Gasteiger partial charge in [-0.15, -0.1) is 0 Å². The lowest BCUT2D eigenvalue weighted by atomic mass is 9.44. The molecule has 0 amide bonds. The van der Waals surface area contributed by atoms with Crippen LogP contribution < -0.4 is 0 Å². The van der Waals surface area contributed by atoms with Gasteiger partial charge in [0.25, 0.3) is 0 Å². The summed E-state index contributed by atoms with van der Waals surface area (Å²) in [6.07, 6.45) is 0.200. The predicted octanol–water partition coefficient (Wildman–Crippen LogP) is 4.05. The van der Waals surface area contributed by atoms with Gasteiger partial charge < -0.3 is 9.84 Å². The minimum Gasteiger partial charge on any atom is -0.449 e. The van der Waals surface area contributed by atoms with Crippen LogP contribution in [0.2, 0.25) is 0 Å². The topological polar surface area (TPSA) is 97.7 Å². The van der Waals surface area contributed by atoms with Gasteiger partial charge in [0, 0.05) is 36.0 Å². The lowest BCUT2D eigenvalue weighted by Gasteiger charge is -2.63. The van der Waals surface area contributed by atoms with Crippen molar-refractivity contribution in [1.82, 2.24) is 0 Å². The van der Waals surface area contributed by atoms with Gasteiger partial charge in [0.2, 0.25) is 5.12 Å². The summed E-state index contributed by atoms with van der Waals surface area (Å²) in [4.78, 5) is 50.0. The number of allylic oxidation sites excluding steroid dienone is 4. The summed E-state index contributed by atoms with van der Waals surface area (Å²) in [5, 5.41) is 10.3. The maximum atomic E-state index is 17.3. The van der Waals surface area contributed by atoms with Gasteiger partial charge in [-0.1, -0.05) is 26.8 Å². The van der Waals surface area contributed by atoms with Crippen molar-refractivity contribution in [1.29, 1.82) is 0 Å². The summed E-state index contributed by atoms with van der Waals surface area (Å²) >= 11 is 0.447. The van der Waals surface area contributed by atoms with Crippen molar-refractivity contribution in [2.24, 2.45) is 28.6 Å². The second-order valence-corrected chi connectivity index (χ2v) is 12.1. The van der Waals surface area contributed by atoms with E-state index >= 15 is 8.78 Å². The number of hydrogen-bond donors (Lipinski definition) is 1. The van der Waals surface area contributed by atoms with Crippen LogP contribution in [-0.4, -0.2) is 50.6 Å². The molecule has 35 heavy (non-hydrogen) atoms. The van der Waals surface area contributed by atoms with Crippen molar-refractivity contribution in [3.05, 3.63) is 23.8 Å². The molecule has 4 rings (SSSR count). The van der Waals surface area contributed by atoms with E-state index < -0.39 is 74.1 Å². The van der Waals surface area contributed by atoms with E-state index in [9.17, 15) is 24.3 Å². The van der Waals surface area contributed by atoms with Crippen molar-refractivity contribution >= 4 is 33.7 Å². The van der Waals surface area contributed by atoms with Gasteiger partial charge >= 0.3 is 5.97 Å². The number of carbonyl (C=O) groups is 4. The Labute approximate surface area is 207 Å². The molecule has 4 aliphatic rings. The Morgan fingerprint density at radius 1 is 1.23 bits per heavy atom. The Morgan fingerprint density at radius 3 is 2.49 bits per heavy atom. The highest BCUT2D eigenvalue weighted by atomic mass is 32.2. The third kappa shape index (κ3) is 3.29. The molecule has 2 unspecified atom stereocenters. The monoisotopic (exact) mass is 510 g/mol. The Kier molecular flexibility index (Phi) is 6.24. The first-order valence-corrected chi connectivity index (χ1v) is 12.9. The molecule has 3 saturated carbocycles. The zero-order valence-corrected chi connectivity index (χ0v) is 21.4. The summed E-state index contributed by atoms with van der Waals surface area (Å²) in [6, 6.07) is 0. The number of hydrogen-bond acceptors (Lipinski definition) is 7. The first-order valence-electron chi connectivity index (χ1n) is 12.1. The van der Waals surface area contributed by atoms with Crippen LogP contribution in [0, 0.1) is 28.6 Å². The van der Waals surface area contributed by atoms with E-state index in [1.165, 1.54) is 26.0 Å². The number of thioether (sulfide) groups is 1. The van der Waals surface area contributed by atoms with Crippen LogP contribution in [-0.2, 0) is 23.9 Å². The Bertz CT molecular complexity index is 1060. The Hall–Kier alpha value is -1.87. The van der Waals surface area contributed by atoms with Gasteiger partial charge in [-0.2, -0.15) is 0 Å². The molecule has 0 aliphatic heterocycles. The Morgan fingerprint density at radius 2 is 1.89 bits per heavy atom. The average molecular weight is 511 g/mol. The van der Waals surface area contributed by atoms with Crippen LogP contribution >= 0.6 is 11.8 Å². The summed E-state index contributed by atoms with van der Waals surface area (Å²) in [7, 11) is 0. The summed E-state index contributed by atoms with van der Waals surface area (Å²) in [5.41, 5.74) is -6.84. The summed E-state index contributed by atoms with van der Waals surface area (Å²) < 4.78 is 38.7. The molecule has 1 N–H and O–H groups in total. The molecule has 0 aromatic rings. The fourth-order valence-electron chi connectivity index (χ4n) is 7.68. The van der Waals surface area contributed by atoms with Crippen LogP contribution in [0.3, 0.4) is 0 Å². The number of fused-ring (bicyclic) bond motifs is 5. The van der Waals surface area contributed by atoms with E-state index in [1.54, 1.807) is 20.8 Å². The molecule has 192 valence electrons. The zero-order chi connectivity index (χ0) is 26.1. The largest absolute Gasteiger partial charge is 0.449 e. The van der Waals surface area contributed by atoms with Gasteiger partial charge in [0.1, 0.15) is 6.17 Å². The molecule has 0 spiro atoms. The molecule has 3 fully saturated rings. The fourth-order valence-corrected chi connectivity index (χ4v) is 8.56. The number of alkyl halides is 2. The number of aliphatic hydroxyl groups is 1. The van der Waals surface area contributed by atoms with Crippen LogP contribution in [0.15, 0.2) is 23.8 Å². The van der Waals surface area contributed by atoms with Crippen LogP contribution in [0.1, 0.15) is 60.3 Å². The highest BCUT2D eigenvalue weighted by molar-refractivity contribution is 8.26. The van der Waals surface area contributed by atoms with Crippen molar-refractivity contribution in [2.45, 2.75) is 83.8 Å². The lowest BCUT2D eigenvalue weighted by molar-refractivity contribution is -0.228. The summed E-state index contributed by atoms with van der Waals surface area (Å²) in [5.74, 6) is -3.28. The molecule has 0 bridgehead atoms. The van der Waals surface area contributed by atoms with E-state index in [-0.39, 0.29) is 31.3 Å². The van der Waals surface area contributed by atoms with Crippen molar-refractivity contribution < 1.29 is 37.8 Å². The van der Waals surface area contributed by atoms with Crippen LogP contribution in [0.4, 0.5) is 8.78 Å². The van der Waals surface area contributed by atoms with E-state index in [1.807, 2.05) is 0 Å². The summed E-state index contributed by atoms with van der Waals surface area (Å²) in [6.45, 7) is 7.73. The van der Waals surface area contributed by atoms with Gasteiger partial charge in [0.15, 0.2) is 22.2 Å². The predicted molar refractivity (Wildman–Crippen MR) is 126 cm³/mol. The molecule has 0 aromatic carbocycles. The van der Waals surface area contributed by atoms with Crippen molar-refractivity contribution in [2.75, 3.05) is 0 Å². The molecular formula is C26H32F2O6S. The average Bonchev–Trinajstić information content (AvgIpc) is 2.98. The standard InChI is InChI=1S/C26H32F2O6S/c1-6-21(32)34-26(22(33)35-14(3)29)13(2)9-16-17-11-19(27)18-10-15(30)7-8-23(18,4)25(17,28)20(31)12-24(16,26)5/h7-8,10,13,16-17,19-20,31H,6,9,11-12H2,1-5H3/t13-,16?,17?,19+,20+,23+,24+,25+,26+/m1/s1. The minimum absolute atomic E-state index is 0.0101. The van der Waals surface area contributed by atoms with Crippen molar-refractivity contribution in [3.8, 4) is 0 Å². The number of carbonyl (C=O) groups excluding carboxylic acids is 4. The van der Waals surface area contributed by atoms with E-state index in [4.69, 9.17) is 4.74 Å². The Balaban J connectivity index is 1.88. The highest BCUT2D eigenvalue weighted by Crippen LogP contribution is 2.72. The number of ether oxygens (including phenoxy) is 1. The molecule has 6 nitrogen and oxygen atoms in total. The second-order valence-electron chi connectivity index (χ2n) is 10.9. The molecule has 0 aromatic heterocycles. The zero-order valence-electron chi connectivity index (χ0n) is 20.6. The molecule has 0 heterocycles. The number of aliphatic hydroxyl groups excluding tert-OH is 1. The minimum atomic E-state index is -2.30. The molecule has 9 atom stereocenters. The van der Waals surface area contributed by atoms with Gasteiger partial charge in [-0.3, -0.25) is 19.2 Å². The van der Waals surface area contributed by atoms with Gasteiger partial charge in [0.05, 0.1) is 6.10 Å². The second kappa shape index (κ2) is 8.33. The fraction of sp³-hybridized carbons (Fsp3) is 0.692. The number of ketones is 1. The number of halogens is 2. The van der Waals surface area contributed by atoms with Crippen molar-refractivity contribution in [3.63, 3.8) is 0 Å². The van der Waals surface area contributed by atoms with Crippen LogP contribution in [0.5, 0.6) is 0 Å². The first-order chi connectivity index (χ1) is 16.2. The number of esters is 1.